The number of nitro benzene ring substituents is 1. The van der Waals surface area contributed by atoms with E-state index < -0.39 is 4.92 Å². The van der Waals surface area contributed by atoms with Crippen LogP contribution in [0.2, 0.25) is 5.15 Å². The van der Waals surface area contributed by atoms with Crippen molar-refractivity contribution in [3.05, 3.63) is 57.1 Å². The number of thioether (sulfide) groups is 1. The van der Waals surface area contributed by atoms with Crippen molar-refractivity contribution in [2.45, 2.75) is 17.6 Å². The normalized spacial score (nSPS) is 10.4. The third-order valence-corrected chi connectivity index (χ3v) is 3.54. The van der Waals surface area contributed by atoms with Crippen molar-refractivity contribution < 1.29 is 4.92 Å². The van der Waals surface area contributed by atoms with Crippen molar-refractivity contribution in [1.29, 1.82) is 0 Å². The van der Waals surface area contributed by atoms with Crippen LogP contribution in [0.1, 0.15) is 11.5 Å². The van der Waals surface area contributed by atoms with Gasteiger partial charge in [0.1, 0.15) is 11.0 Å². The summed E-state index contributed by atoms with van der Waals surface area (Å²) in [5, 5.41) is 11.3. The molecular weight excluding hydrogens is 286 g/mol. The number of aryl methyl sites for hydroxylation is 1. The quantitative estimate of drug-likeness (QED) is 0.373. The first-order valence-electron chi connectivity index (χ1n) is 5.42. The van der Waals surface area contributed by atoms with Gasteiger partial charge in [0, 0.05) is 11.8 Å². The van der Waals surface area contributed by atoms with E-state index in [1.165, 1.54) is 17.8 Å². The molecule has 7 heteroatoms. The predicted molar refractivity (Wildman–Crippen MR) is 74.4 cm³/mol. The van der Waals surface area contributed by atoms with E-state index in [1.807, 2.05) is 6.92 Å². The van der Waals surface area contributed by atoms with E-state index in [0.717, 1.165) is 5.69 Å². The maximum absolute atomic E-state index is 10.9. The Labute approximate surface area is 119 Å². The third-order valence-electron chi connectivity index (χ3n) is 2.29. The average molecular weight is 296 g/mol. The summed E-state index contributed by atoms with van der Waals surface area (Å²) in [6.07, 6.45) is 0. The monoisotopic (exact) mass is 295 g/mol. The number of rotatable bonds is 4. The van der Waals surface area contributed by atoms with E-state index in [4.69, 9.17) is 11.6 Å². The van der Waals surface area contributed by atoms with E-state index in [0.29, 0.717) is 21.6 Å². The maximum Gasteiger partial charge on any atom is 0.282 e. The van der Waals surface area contributed by atoms with Crippen LogP contribution in [0.5, 0.6) is 0 Å². The number of hydrogen-bond donors (Lipinski definition) is 0. The van der Waals surface area contributed by atoms with E-state index in [2.05, 4.69) is 9.97 Å². The van der Waals surface area contributed by atoms with Gasteiger partial charge in [-0.25, -0.2) is 9.97 Å². The van der Waals surface area contributed by atoms with Crippen LogP contribution in [0.25, 0.3) is 0 Å². The molecule has 0 unspecified atom stereocenters. The highest BCUT2D eigenvalue weighted by atomic mass is 35.5. The number of para-hydroxylation sites is 1. The molecule has 0 saturated heterocycles. The molecule has 1 heterocycles. The summed E-state index contributed by atoms with van der Waals surface area (Å²) in [6, 6.07) is 8.26. The van der Waals surface area contributed by atoms with Crippen LogP contribution < -0.4 is 0 Å². The van der Waals surface area contributed by atoms with Crippen LogP contribution in [-0.4, -0.2) is 14.9 Å². The molecule has 0 saturated carbocycles. The molecule has 98 valence electrons. The van der Waals surface area contributed by atoms with Crippen LogP contribution in [-0.2, 0) is 5.75 Å². The molecule has 0 radical (unpaired) electrons. The summed E-state index contributed by atoms with van der Waals surface area (Å²) >= 11 is 7.17. The number of benzene rings is 1. The highest BCUT2D eigenvalue weighted by molar-refractivity contribution is 7.98. The Bertz CT molecular complexity index is 601. The zero-order valence-corrected chi connectivity index (χ0v) is 11.6. The molecule has 1 aromatic heterocycles. The van der Waals surface area contributed by atoms with E-state index >= 15 is 0 Å². The smallest absolute Gasteiger partial charge is 0.258 e. The molecule has 19 heavy (non-hydrogen) atoms. The molecule has 0 spiro atoms. The Morgan fingerprint density at radius 1 is 1.37 bits per heavy atom. The van der Waals surface area contributed by atoms with Gasteiger partial charge in [-0.1, -0.05) is 23.7 Å². The Morgan fingerprint density at radius 3 is 2.79 bits per heavy atom. The molecule has 2 rings (SSSR count). The first kappa shape index (κ1) is 13.8. The summed E-state index contributed by atoms with van der Waals surface area (Å²) in [7, 11) is 0. The molecule has 0 atom stereocenters. The molecule has 0 aliphatic heterocycles. The molecule has 1 aromatic carbocycles. The second kappa shape index (κ2) is 5.99. The standard InChI is InChI=1S/C12H10ClN3O2S/c1-8-6-11(13)15-12(14-8)7-19-10-5-3-2-4-9(10)16(17)18/h2-6H,7H2,1H3. The molecule has 0 aliphatic carbocycles. The Balaban J connectivity index is 2.16. The fourth-order valence-electron chi connectivity index (χ4n) is 1.53. The van der Waals surface area contributed by atoms with Crippen LogP contribution in [0.4, 0.5) is 5.69 Å². The lowest BCUT2D eigenvalue weighted by Crippen LogP contribution is -1.96. The predicted octanol–water partition coefficient (Wildman–Crippen LogP) is 3.64. The largest absolute Gasteiger partial charge is 0.282 e. The summed E-state index contributed by atoms with van der Waals surface area (Å²) < 4.78 is 0. The Kier molecular flexibility index (Phi) is 4.34. The summed E-state index contributed by atoms with van der Waals surface area (Å²) in [5.41, 5.74) is 0.865. The Hall–Kier alpha value is -1.66. The topological polar surface area (TPSA) is 68.9 Å². The van der Waals surface area contributed by atoms with Crippen molar-refractivity contribution in [3.8, 4) is 0 Å². The van der Waals surface area contributed by atoms with Gasteiger partial charge in [0.05, 0.1) is 15.6 Å². The van der Waals surface area contributed by atoms with Gasteiger partial charge in [-0.05, 0) is 19.1 Å². The average Bonchev–Trinajstić information content (AvgIpc) is 2.35. The molecule has 5 nitrogen and oxygen atoms in total. The minimum Gasteiger partial charge on any atom is -0.258 e. The van der Waals surface area contributed by atoms with Crippen molar-refractivity contribution in [2.75, 3.05) is 0 Å². The van der Waals surface area contributed by atoms with E-state index in [-0.39, 0.29) is 5.69 Å². The second-order valence-electron chi connectivity index (χ2n) is 3.76. The SMILES string of the molecule is Cc1cc(Cl)nc(CSc2ccccc2[N+](=O)[O-])n1. The van der Waals surface area contributed by atoms with E-state index in [9.17, 15) is 10.1 Å². The highest BCUT2D eigenvalue weighted by Gasteiger charge is 2.13. The molecule has 0 fully saturated rings. The number of aromatic nitrogens is 2. The van der Waals surface area contributed by atoms with Crippen LogP contribution in [0.3, 0.4) is 0 Å². The third kappa shape index (κ3) is 3.65. The first-order valence-corrected chi connectivity index (χ1v) is 6.79. The van der Waals surface area contributed by atoms with Gasteiger partial charge >= 0.3 is 0 Å². The molecular formula is C12H10ClN3O2S. The number of halogens is 1. The van der Waals surface area contributed by atoms with Gasteiger partial charge in [0.25, 0.3) is 5.69 Å². The van der Waals surface area contributed by atoms with Gasteiger partial charge < -0.3 is 0 Å². The second-order valence-corrected chi connectivity index (χ2v) is 5.17. The summed E-state index contributed by atoms with van der Waals surface area (Å²) in [4.78, 5) is 19.4. The zero-order valence-electron chi connectivity index (χ0n) is 10.0. The van der Waals surface area contributed by atoms with Gasteiger partial charge in [-0.2, -0.15) is 0 Å². The Morgan fingerprint density at radius 2 is 2.11 bits per heavy atom. The minimum absolute atomic E-state index is 0.0891. The lowest BCUT2D eigenvalue weighted by atomic mass is 10.3. The lowest BCUT2D eigenvalue weighted by molar-refractivity contribution is -0.387. The fourth-order valence-corrected chi connectivity index (χ4v) is 2.66. The minimum atomic E-state index is -0.396. The molecule has 2 aromatic rings. The summed E-state index contributed by atoms with van der Waals surface area (Å²) in [6.45, 7) is 1.83. The lowest BCUT2D eigenvalue weighted by Gasteiger charge is -2.03. The van der Waals surface area contributed by atoms with Crippen molar-refractivity contribution >= 4 is 29.1 Å². The van der Waals surface area contributed by atoms with Crippen LogP contribution >= 0.6 is 23.4 Å². The molecule has 0 bridgehead atoms. The summed E-state index contributed by atoms with van der Waals surface area (Å²) in [5.74, 6) is 1.000. The van der Waals surface area contributed by atoms with Crippen molar-refractivity contribution in [2.24, 2.45) is 0 Å². The highest BCUT2D eigenvalue weighted by Crippen LogP contribution is 2.30. The van der Waals surface area contributed by atoms with Crippen LogP contribution in [0.15, 0.2) is 35.2 Å². The zero-order chi connectivity index (χ0) is 13.8. The van der Waals surface area contributed by atoms with Crippen molar-refractivity contribution in [3.63, 3.8) is 0 Å². The van der Waals surface area contributed by atoms with Crippen LogP contribution in [0, 0.1) is 17.0 Å². The molecule has 0 N–H and O–H groups in total. The van der Waals surface area contributed by atoms with Gasteiger partial charge in [0.15, 0.2) is 0 Å². The van der Waals surface area contributed by atoms with E-state index in [1.54, 1.807) is 24.3 Å². The van der Waals surface area contributed by atoms with Gasteiger partial charge in [-0.15, -0.1) is 11.8 Å². The van der Waals surface area contributed by atoms with Gasteiger partial charge in [0.2, 0.25) is 0 Å². The number of nitrogens with zero attached hydrogens (tertiary/aromatic N) is 3. The van der Waals surface area contributed by atoms with Crippen molar-refractivity contribution in [1.82, 2.24) is 9.97 Å². The molecule has 0 amide bonds. The molecule has 0 aliphatic rings. The number of hydrogen-bond acceptors (Lipinski definition) is 5. The number of nitro groups is 1. The first-order chi connectivity index (χ1) is 9.06. The fraction of sp³-hybridized carbons (Fsp3) is 0.167. The maximum atomic E-state index is 10.9. The van der Waals surface area contributed by atoms with Gasteiger partial charge in [-0.3, -0.25) is 10.1 Å².